The number of carboxylic acids is 1. The van der Waals surface area contributed by atoms with Crippen LogP contribution in [0.3, 0.4) is 0 Å². The van der Waals surface area contributed by atoms with Crippen LogP contribution in [0.2, 0.25) is 13.1 Å². The molecule has 6 rings (SSSR count). The highest BCUT2D eigenvalue weighted by molar-refractivity contribution is 6.98. The molecule has 2 fully saturated rings. The molecular formula is C35H34F3N4O3Si+. The van der Waals surface area contributed by atoms with E-state index in [0.29, 0.717) is 37.4 Å². The number of nitriles is 1. The van der Waals surface area contributed by atoms with Gasteiger partial charge in [-0.25, -0.2) is 29.1 Å². The summed E-state index contributed by atoms with van der Waals surface area (Å²) < 4.78 is 56.2. The van der Waals surface area contributed by atoms with E-state index in [4.69, 9.17) is 11.3 Å². The van der Waals surface area contributed by atoms with Crippen LogP contribution in [0.4, 0.5) is 18.9 Å². The quantitative estimate of drug-likeness (QED) is 0.200. The second kappa shape index (κ2) is 11.7. The van der Waals surface area contributed by atoms with Crippen LogP contribution in [0, 0.1) is 35.4 Å². The molecule has 0 spiro atoms. The minimum Gasteiger partial charge on any atom is -0.478 e. The molecule has 1 aliphatic carbocycles. The molecule has 0 aromatic heterocycles. The summed E-state index contributed by atoms with van der Waals surface area (Å²) >= 11 is 0. The maximum atomic E-state index is 16.9. The molecule has 3 heterocycles. The Balaban J connectivity index is 1.73. The molecule has 2 aromatic carbocycles. The fourth-order valence-corrected chi connectivity index (χ4v) is 10.2. The molecule has 0 saturated carbocycles. The van der Waals surface area contributed by atoms with Gasteiger partial charge in [0.1, 0.15) is 38.1 Å². The van der Waals surface area contributed by atoms with Crippen LogP contribution < -0.4 is 10.1 Å². The van der Waals surface area contributed by atoms with Gasteiger partial charge in [0.2, 0.25) is 0 Å². The highest BCUT2D eigenvalue weighted by Gasteiger charge is 2.47. The third kappa shape index (κ3) is 4.90. The summed E-state index contributed by atoms with van der Waals surface area (Å²) in [7, 11) is -2.59. The van der Waals surface area contributed by atoms with Gasteiger partial charge in [-0.1, -0.05) is 19.2 Å². The first-order valence-corrected chi connectivity index (χ1v) is 18.4. The second-order valence-corrected chi connectivity index (χ2v) is 17.1. The highest BCUT2D eigenvalue weighted by Crippen LogP contribution is 2.46. The van der Waals surface area contributed by atoms with Gasteiger partial charge in [-0.15, -0.1) is 0 Å². The fourth-order valence-electron chi connectivity index (χ4n) is 7.12. The molecule has 1 N–H and O–H groups in total. The first kappa shape index (κ1) is 31.5. The number of rotatable bonds is 4. The van der Waals surface area contributed by atoms with E-state index in [0.717, 1.165) is 61.1 Å². The van der Waals surface area contributed by atoms with Crippen molar-refractivity contribution in [2.75, 3.05) is 44.3 Å². The lowest BCUT2D eigenvalue weighted by Crippen LogP contribution is -2.50. The lowest BCUT2D eigenvalue weighted by Gasteiger charge is -2.39. The number of halogens is 3. The molecule has 46 heavy (non-hydrogen) atoms. The van der Waals surface area contributed by atoms with Gasteiger partial charge in [-0.05, 0) is 51.7 Å². The van der Waals surface area contributed by atoms with Crippen LogP contribution in [-0.2, 0) is 10.3 Å². The predicted molar refractivity (Wildman–Crippen MR) is 172 cm³/mol. The number of piperidine rings is 1. The van der Waals surface area contributed by atoms with Crippen molar-refractivity contribution in [2.45, 2.75) is 44.8 Å². The largest absolute Gasteiger partial charge is 0.478 e. The van der Waals surface area contributed by atoms with Crippen LogP contribution in [0.15, 0.2) is 47.2 Å². The Bertz CT molecular complexity index is 1870. The number of hydrogen-bond donors (Lipinski definition) is 1. The number of morpholine rings is 1. The van der Waals surface area contributed by atoms with Gasteiger partial charge in [-0.2, -0.15) is 5.26 Å². The zero-order chi connectivity index (χ0) is 33.0. The van der Waals surface area contributed by atoms with E-state index in [9.17, 15) is 15.2 Å². The second-order valence-electron chi connectivity index (χ2n) is 12.8. The Hall–Kier alpha value is -4.45. The zero-order valence-corrected chi connectivity index (χ0v) is 27.0. The van der Waals surface area contributed by atoms with Crippen molar-refractivity contribution in [1.82, 2.24) is 0 Å². The zero-order valence-electron chi connectivity index (χ0n) is 26.0. The van der Waals surface area contributed by atoms with Crippen molar-refractivity contribution in [2.24, 2.45) is 0 Å². The summed E-state index contributed by atoms with van der Waals surface area (Å²) in [6.07, 6.45) is 9.11. The average Bonchev–Trinajstić information content (AvgIpc) is 3.07. The van der Waals surface area contributed by atoms with Crippen LogP contribution in [0.5, 0.6) is 0 Å². The fraction of sp³-hybridized carbons (Fsp3) is 0.371. The lowest BCUT2D eigenvalue weighted by molar-refractivity contribution is -0.535. The molecule has 0 radical (unpaired) electrons. The third-order valence-electron chi connectivity index (χ3n) is 9.70. The molecule has 236 valence electrons. The maximum Gasteiger partial charge on any atom is 0.343 e. The molecule has 2 aromatic rings. The Kier molecular flexibility index (Phi) is 8.03. The molecule has 0 amide bonds. The summed E-state index contributed by atoms with van der Waals surface area (Å²) in [4.78, 5) is 18.0. The summed E-state index contributed by atoms with van der Waals surface area (Å²) in [5.41, 5.74) is -2.28. The van der Waals surface area contributed by atoms with E-state index >= 15 is 13.2 Å². The Labute approximate surface area is 267 Å². The van der Waals surface area contributed by atoms with E-state index < -0.39 is 53.7 Å². The first-order chi connectivity index (χ1) is 21.9. The number of allylic oxidation sites excluding steroid dienone is 5. The topological polar surface area (TPSA) is 80.9 Å². The first-order valence-electron chi connectivity index (χ1n) is 15.4. The number of benzene rings is 2. The minimum atomic E-state index is -2.59. The van der Waals surface area contributed by atoms with Crippen molar-refractivity contribution < 1.29 is 32.4 Å². The van der Waals surface area contributed by atoms with Gasteiger partial charge in [0, 0.05) is 56.3 Å². The van der Waals surface area contributed by atoms with Gasteiger partial charge in [0.25, 0.3) is 0 Å². The SMILES string of the molecule is [C-]#[N+]C(C)(C#N)c1c(F)c(F)c(C(=O)O)c(C2=C3C=CC(=[N+]4CCCCC4)C=C3[Si](C)(C)c3cc(N4CCOCC4)ccc32)c1F. The summed E-state index contributed by atoms with van der Waals surface area (Å²) in [6, 6.07) is 7.33. The molecule has 7 nitrogen and oxygen atoms in total. The normalized spacial score (nSPS) is 20.3. The summed E-state index contributed by atoms with van der Waals surface area (Å²) in [5.74, 6) is -6.95. The molecule has 3 aliphatic heterocycles. The number of nitrogens with zero attached hydrogens (tertiary/aromatic N) is 4. The van der Waals surface area contributed by atoms with Crippen LogP contribution >= 0.6 is 0 Å². The van der Waals surface area contributed by atoms with Gasteiger partial charge >= 0.3 is 11.5 Å². The van der Waals surface area contributed by atoms with Crippen LogP contribution in [0.1, 0.15) is 53.2 Å². The minimum absolute atomic E-state index is 0.107. The van der Waals surface area contributed by atoms with Gasteiger partial charge in [0.15, 0.2) is 23.4 Å². The summed E-state index contributed by atoms with van der Waals surface area (Å²) in [6.45, 7) is 17.2. The molecule has 0 bridgehead atoms. The van der Waals surface area contributed by atoms with Crippen LogP contribution in [-0.4, -0.2) is 68.8 Å². The molecular weight excluding hydrogens is 609 g/mol. The molecule has 2 saturated heterocycles. The average molecular weight is 644 g/mol. The Morgan fingerprint density at radius 1 is 1.11 bits per heavy atom. The van der Waals surface area contributed by atoms with E-state index in [1.54, 1.807) is 12.1 Å². The van der Waals surface area contributed by atoms with Gasteiger partial charge < -0.3 is 14.7 Å². The Morgan fingerprint density at radius 3 is 2.43 bits per heavy atom. The van der Waals surface area contributed by atoms with E-state index in [1.807, 2.05) is 18.2 Å². The molecule has 1 unspecified atom stereocenters. The summed E-state index contributed by atoms with van der Waals surface area (Å²) in [5, 5.41) is 21.8. The van der Waals surface area contributed by atoms with E-state index in [-0.39, 0.29) is 5.57 Å². The predicted octanol–water partition coefficient (Wildman–Crippen LogP) is 5.70. The van der Waals surface area contributed by atoms with Crippen molar-refractivity contribution in [1.29, 1.82) is 5.26 Å². The number of anilines is 1. The van der Waals surface area contributed by atoms with Crippen LogP contribution in [0.25, 0.3) is 10.4 Å². The number of carboxylic acid groups (broad SMARTS) is 1. The van der Waals surface area contributed by atoms with Crippen molar-refractivity contribution in [3.8, 4) is 6.07 Å². The molecule has 1 atom stereocenters. The van der Waals surface area contributed by atoms with Gasteiger partial charge in [-0.3, -0.25) is 4.85 Å². The van der Waals surface area contributed by atoms with Crippen molar-refractivity contribution in [3.05, 3.63) is 98.3 Å². The molecule has 4 aliphatic rings. The third-order valence-corrected chi connectivity index (χ3v) is 13.2. The number of ether oxygens (including phenoxy) is 1. The lowest BCUT2D eigenvalue weighted by atomic mass is 9.82. The number of hydrogen-bond acceptors (Lipinski definition) is 4. The smallest absolute Gasteiger partial charge is 0.343 e. The highest BCUT2D eigenvalue weighted by atomic mass is 28.3. The van der Waals surface area contributed by atoms with Gasteiger partial charge in [0.05, 0.1) is 13.2 Å². The Morgan fingerprint density at radius 2 is 1.80 bits per heavy atom. The number of fused-ring (bicyclic) bond motifs is 2. The number of carbonyl (C=O) groups is 1. The molecule has 11 heteroatoms. The monoisotopic (exact) mass is 643 g/mol. The number of aromatic carboxylic acids is 1. The van der Waals surface area contributed by atoms with Crippen molar-refractivity contribution >= 4 is 36.2 Å². The standard InChI is InChI=1S/C35H33F3N4O3Si/c1-35(20-39,40-2)30-31(36)28(29(34(43)44)32(37)33(30)38)27-23-10-8-21(41-12-6-5-7-13-41)18-25(23)46(3,4)26-19-22(9-11-24(26)27)42-14-16-45-17-15-42/h8-11,18-19H,5-7,12-17H2,1,3-4H3/p+1. The van der Waals surface area contributed by atoms with E-state index in [1.165, 1.54) is 0 Å². The van der Waals surface area contributed by atoms with Crippen molar-refractivity contribution in [3.63, 3.8) is 0 Å². The van der Waals surface area contributed by atoms with E-state index in [2.05, 4.69) is 39.6 Å². The maximum absolute atomic E-state index is 16.9.